The Balaban J connectivity index is 1.97. The fourth-order valence-electron chi connectivity index (χ4n) is 8.96. The summed E-state index contributed by atoms with van der Waals surface area (Å²) in [4.78, 5) is 26.3. The number of ether oxygens (including phenoxy) is 5. The van der Waals surface area contributed by atoms with Crippen LogP contribution in [0.25, 0.3) is 0 Å². The lowest BCUT2D eigenvalue weighted by Crippen LogP contribution is -2.64. The summed E-state index contributed by atoms with van der Waals surface area (Å²) in [6.07, 6.45) is 15.9. The summed E-state index contributed by atoms with van der Waals surface area (Å²) < 4.78 is 28.5. The molecule has 63 heavy (non-hydrogen) atoms. The first kappa shape index (κ1) is 57.7. The van der Waals surface area contributed by atoms with Gasteiger partial charge in [-0.05, 0) is 37.5 Å². The van der Waals surface area contributed by atoms with E-state index in [1.807, 2.05) is 0 Å². The molecule has 2 fully saturated rings. The maximum atomic E-state index is 13.1. The van der Waals surface area contributed by atoms with E-state index in [1.54, 1.807) is 0 Å². The molecule has 0 aromatic heterocycles. The molecule has 0 aromatic rings. The second-order valence-electron chi connectivity index (χ2n) is 18.9. The Morgan fingerprint density at radius 3 is 0.952 bits per heavy atom. The molecule has 0 saturated carbocycles. The van der Waals surface area contributed by atoms with Crippen LogP contribution in [0, 0.1) is 11.8 Å². The standard InChI is InChI=1S/C50H94O13/c1-5-9-13-17-21-25-29-37(30-26-22-18-14-10-6-2)33-41(51)59-35-39-43(53)45(55)47(57)49(61-39)63-50-48(58)46(56)44(54)40(62-50)36-60-42(52)34-38(31-27-23-19-15-11-7-3)32-28-24-20-16-12-8-4/h37-40,43-50,53-58H,5-36H2,1-4H3/t39?,40?,43-,44-,45+,46+,47?,48?,49-,50-/m1/s1. The lowest BCUT2D eigenvalue weighted by atomic mass is 9.91. The maximum Gasteiger partial charge on any atom is 0.306 e. The Kier molecular flexibility index (Phi) is 32.7. The van der Waals surface area contributed by atoms with Crippen molar-refractivity contribution in [2.75, 3.05) is 13.2 Å². The molecule has 2 aliphatic heterocycles. The Labute approximate surface area is 381 Å². The number of carbonyl (C=O) groups is 2. The maximum absolute atomic E-state index is 13.1. The smallest absolute Gasteiger partial charge is 0.306 e. The summed E-state index contributed by atoms with van der Waals surface area (Å²) in [6, 6.07) is 0. The first-order valence-electron chi connectivity index (χ1n) is 25.8. The summed E-state index contributed by atoms with van der Waals surface area (Å²) in [5.41, 5.74) is 0. The fourth-order valence-corrected chi connectivity index (χ4v) is 8.96. The van der Waals surface area contributed by atoms with E-state index in [9.17, 15) is 40.2 Å². The molecule has 2 saturated heterocycles. The quantitative estimate of drug-likeness (QED) is 0.0254. The third-order valence-electron chi connectivity index (χ3n) is 13.2. The Hall–Kier alpha value is -1.42. The second-order valence-corrected chi connectivity index (χ2v) is 18.9. The highest BCUT2D eigenvalue weighted by Gasteiger charge is 2.50. The van der Waals surface area contributed by atoms with Crippen molar-refractivity contribution in [2.24, 2.45) is 11.8 Å². The number of rotatable bonds is 38. The molecule has 4 unspecified atom stereocenters. The molecule has 0 radical (unpaired) electrons. The molecule has 0 amide bonds. The van der Waals surface area contributed by atoms with Crippen molar-refractivity contribution in [1.82, 2.24) is 0 Å². The van der Waals surface area contributed by atoms with Gasteiger partial charge in [0.15, 0.2) is 12.6 Å². The SMILES string of the molecule is CCCCCCCCC(CCCCCCCC)CC(=O)OCC1O[C@H](O[C@H]2OC(COC(=O)CC(CCCCCCCC)CCCCCCCC)[C@@H](O)[C@H](O)C2O)C(O)[C@@H](O)[C@@H]1O. The molecule has 6 N–H and O–H groups in total. The highest BCUT2D eigenvalue weighted by Crippen LogP contribution is 2.30. The summed E-state index contributed by atoms with van der Waals surface area (Å²) >= 11 is 0. The van der Waals surface area contributed by atoms with Crippen molar-refractivity contribution >= 4 is 11.9 Å². The van der Waals surface area contributed by atoms with Gasteiger partial charge in [-0.1, -0.05) is 182 Å². The van der Waals surface area contributed by atoms with Crippen LogP contribution in [0.4, 0.5) is 0 Å². The Bertz CT molecular complexity index is 1010. The van der Waals surface area contributed by atoms with Gasteiger partial charge in [-0.25, -0.2) is 0 Å². The van der Waals surface area contributed by atoms with Gasteiger partial charge in [-0.15, -0.1) is 0 Å². The zero-order chi connectivity index (χ0) is 46.2. The number of aliphatic hydroxyl groups excluding tert-OH is 6. The van der Waals surface area contributed by atoms with Crippen molar-refractivity contribution in [1.29, 1.82) is 0 Å². The third-order valence-corrected chi connectivity index (χ3v) is 13.2. The van der Waals surface area contributed by atoms with Crippen LogP contribution in [0.3, 0.4) is 0 Å². The summed E-state index contributed by atoms with van der Waals surface area (Å²) in [5, 5.41) is 64.8. The van der Waals surface area contributed by atoms with E-state index in [4.69, 9.17) is 23.7 Å². The summed E-state index contributed by atoms with van der Waals surface area (Å²) in [6.45, 7) is 7.95. The molecule has 0 spiro atoms. The van der Waals surface area contributed by atoms with Crippen molar-refractivity contribution in [3.63, 3.8) is 0 Å². The van der Waals surface area contributed by atoms with E-state index in [1.165, 1.54) is 103 Å². The fraction of sp³-hybridized carbons (Fsp3) is 0.960. The molecule has 2 heterocycles. The van der Waals surface area contributed by atoms with E-state index in [2.05, 4.69) is 27.7 Å². The Morgan fingerprint density at radius 2 is 0.667 bits per heavy atom. The number of carbonyl (C=O) groups excluding carboxylic acids is 2. The zero-order valence-corrected chi connectivity index (χ0v) is 40.1. The van der Waals surface area contributed by atoms with Crippen LogP contribution in [0.5, 0.6) is 0 Å². The highest BCUT2D eigenvalue weighted by atomic mass is 16.8. The number of esters is 2. The van der Waals surface area contributed by atoms with Crippen LogP contribution < -0.4 is 0 Å². The normalized spacial score (nSPS) is 26.4. The van der Waals surface area contributed by atoms with Crippen LogP contribution in [0.1, 0.15) is 220 Å². The molecule has 10 atom stereocenters. The molecule has 0 aromatic carbocycles. The van der Waals surface area contributed by atoms with Gasteiger partial charge in [0, 0.05) is 12.8 Å². The van der Waals surface area contributed by atoms with E-state index >= 15 is 0 Å². The average Bonchev–Trinajstić information content (AvgIpc) is 3.27. The van der Waals surface area contributed by atoms with Gasteiger partial charge in [-0.3, -0.25) is 9.59 Å². The molecular formula is C50H94O13. The van der Waals surface area contributed by atoms with Crippen molar-refractivity contribution in [3.8, 4) is 0 Å². The first-order valence-corrected chi connectivity index (χ1v) is 25.8. The summed E-state index contributed by atoms with van der Waals surface area (Å²) in [7, 11) is 0. The number of unbranched alkanes of at least 4 members (excludes halogenated alkanes) is 20. The molecule has 2 rings (SSSR count). The van der Waals surface area contributed by atoms with E-state index in [0.29, 0.717) is 0 Å². The van der Waals surface area contributed by atoms with Gasteiger partial charge in [-0.2, -0.15) is 0 Å². The van der Waals surface area contributed by atoms with Crippen LogP contribution in [-0.2, 0) is 33.3 Å². The van der Waals surface area contributed by atoms with E-state index in [-0.39, 0.29) is 24.7 Å². The van der Waals surface area contributed by atoms with Crippen molar-refractivity contribution in [3.05, 3.63) is 0 Å². The first-order chi connectivity index (χ1) is 30.5. The van der Waals surface area contributed by atoms with Crippen LogP contribution >= 0.6 is 0 Å². The summed E-state index contributed by atoms with van der Waals surface area (Å²) in [5.74, 6) is -0.540. The topological polar surface area (TPSA) is 202 Å². The van der Waals surface area contributed by atoms with Gasteiger partial charge >= 0.3 is 11.9 Å². The lowest BCUT2D eigenvalue weighted by Gasteiger charge is -2.44. The van der Waals surface area contributed by atoms with Crippen LogP contribution in [0.2, 0.25) is 0 Å². The van der Waals surface area contributed by atoms with E-state index < -0.39 is 86.6 Å². The number of hydrogen-bond donors (Lipinski definition) is 6. The minimum atomic E-state index is -1.81. The number of aliphatic hydroxyl groups is 6. The van der Waals surface area contributed by atoms with Gasteiger partial charge in [0.25, 0.3) is 0 Å². The van der Waals surface area contributed by atoms with Gasteiger partial charge in [0.1, 0.15) is 62.0 Å². The second kappa shape index (κ2) is 35.7. The lowest BCUT2D eigenvalue weighted by molar-refractivity contribution is -0.376. The molecule has 2 aliphatic rings. The predicted molar refractivity (Wildman–Crippen MR) is 245 cm³/mol. The Morgan fingerprint density at radius 1 is 0.397 bits per heavy atom. The van der Waals surface area contributed by atoms with Crippen LogP contribution in [-0.4, -0.2) is 117 Å². The highest BCUT2D eigenvalue weighted by molar-refractivity contribution is 5.70. The predicted octanol–water partition coefficient (Wildman–Crippen LogP) is 8.72. The van der Waals surface area contributed by atoms with Crippen molar-refractivity contribution < 1.29 is 63.9 Å². The average molecular weight is 903 g/mol. The molecular weight excluding hydrogens is 809 g/mol. The van der Waals surface area contributed by atoms with E-state index in [0.717, 1.165) is 77.0 Å². The minimum absolute atomic E-state index is 0.172. The van der Waals surface area contributed by atoms with Gasteiger partial charge in [0.2, 0.25) is 0 Å². The largest absolute Gasteiger partial charge is 0.463 e. The third kappa shape index (κ3) is 24.3. The molecule has 13 nitrogen and oxygen atoms in total. The minimum Gasteiger partial charge on any atom is -0.463 e. The number of hydrogen-bond acceptors (Lipinski definition) is 13. The molecule has 0 aliphatic carbocycles. The molecule has 13 heteroatoms. The molecule has 372 valence electrons. The molecule has 0 bridgehead atoms. The van der Waals surface area contributed by atoms with Crippen molar-refractivity contribution in [2.45, 2.75) is 282 Å². The zero-order valence-electron chi connectivity index (χ0n) is 40.1. The van der Waals surface area contributed by atoms with Crippen LogP contribution in [0.15, 0.2) is 0 Å². The van der Waals surface area contributed by atoms with Gasteiger partial charge < -0.3 is 54.3 Å². The monoisotopic (exact) mass is 903 g/mol. The van der Waals surface area contributed by atoms with Gasteiger partial charge in [0.05, 0.1) is 0 Å².